The summed E-state index contributed by atoms with van der Waals surface area (Å²) in [4.78, 5) is 35.5. The van der Waals surface area contributed by atoms with Crippen LogP contribution in [0.15, 0.2) is 82.5 Å². The van der Waals surface area contributed by atoms with Gasteiger partial charge in [-0.2, -0.15) is 9.97 Å². The molecule has 0 radical (unpaired) electrons. The molecule has 5 aromatic heterocycles. The van der Waals surface area contributed by atoms with E-state index in [1.807, 2.05) is 44.2 Å². The third kappa shape index (κ3) is 5.63. The third-order valence-corrected chi connectivity index (χ3v) is 6.88. The summed E-state index contributed by atoms with van der Waals surface area (Å²) in [6, 6.07) is 15.9. The SMILES string of the molecule is COCn1c(=O)c2ccc(Nc3ncc(-c4nc(-c5ccncc5)no4)c(N[C@H](CO)c4ccccc4)n3)nc2n1C(C)C. The number of hydrogen-bond acceptors (Lipinski definition) is 12. The second-order valence-electron chi connectivity index (χ2n) is 10.2. The molecule has 1 aromatic carbocycles. The molecule has 1 atom stereocenters. The molecule has 14 nitrogen and oxygen atoms in total. The topological polar surface area (TPSA) is 171 Å². The van der Waals surface area contributed by atoms with Crippen molar-refractivity contribution < 1.29 is 14.4 Å². The molecule has 44 heavy (non-hydrogen) atoms. The van der Waals surface area contributed by atoms with Crippen molar-refractivity contribution in [1.82, 2.24) is 39.4 Å². The van der Waals surface area contributed by atoms with Crippen LogP contribution in [0.3, 0.4) is 0 Å². The van der Waals surface area contributed by atoms with E-state index < -0.39 is 6.04 Å². The van der Waals surface area contributed by atoms with Gasteiger partial charge in [0.2, 0.25) is 11.8 Å². The van der Waals surface area contributed by atoms with Crippen LogP contribution in [-0.2, 0) is 11.5 Å². The Bertz CT molecular complexity index is 1940. The Hall–Kier alpha value is -5.47. The van der Waals surface area contributed by atoms with Crippen LogP contribution >= 0.6 is 0 Å². The summed E-state index contributed by atoms with van der Waals surface area (Å²) in [5.74, 6) is 1.57. The molecule has 3 N–H and O–H groups in total. The molecule has 0 amide bonds. The van der Waals surface area contributed by atoms with Gasteiger partial charge < -0.3 is 25.0 Å². The number of methoxy groups -OCH3 is 1. The molecule has 0 bridgehead atoms. The van der Waals surface area contributed by atoms with Crippen molar-refractivity contribution in [3.63, 3.8) is 0 Å². The van der Waals surface area contributed by atoms with Crippen molar-refractivity contribution in [2.75, 3.05) is 24.4 Å². The highest BCUT2D eigenvalue weighted by molar-refractivity contribution is 5.78. The van der Waals surface area contributed by atoms with E-state index in [0.717, 1.165) is 11.1 Å². The van der Waals surface area contributed by atoms with E-state index in [-0.39, 0.29) is 36.8 Å². The number of nitrogens with one attached hydrogen (secondary N) is 2. The Morgan fingerprint density at radius 2 is 1.82 bits per heavy atom. The molecular weight excluding hydrogens is 564 g/mol. The van der Waals surface area contributed by atoms with E-state index in [1.165, 1.54) is 11.8 Å². The van der Waals surface area contributed by atoms with Crippen LogP contribution in [0.2, 0.25) is 0 Å². The average molecular weight is 595 g/mol. The van der Waals surface area contributed by atoms with Crippen LogP contribution < -0.4 is 16.2 Å². The van der Waals surface area contributed by atoms with Crippen molar-refractivity contribution in [2.45, 2.75) is 32.7 Å². The minimum atomic E-state index is -0.490. The van der Waals surface area contributed by atoms with E-state index >= 15 is 0 Å². The zero-order valence-corrected chi connectivity index (χ0v) is 24.2. The van der Waals surface area contributed by atoms with Gasteiger partial charge in [-0.3, -0.25) is 14.5 Å². The number of nitrogens with zero attached hydrogens (tertiary/aromatic N) is 8. The normalized spacial score (nSPS) is 12.1. The number of hydrogen-bond donors (Lipinski definition) is 3. The highest BCUT2D eigenvalue weighted by Crippen LogP contribution is 2.31. The number of aromatic nitrogens is 8. The van der Waals surface area contributed by atoms with Gasteiger partial charge >= 0.3 is 0 Å². The van der Waals surface area contributed by atoms with Gasteiger partial charge in [0.05, 0.1) is 18.0 Å². The first-order chi connectivity index (χ1) is 21.5. The predicted octanol–water partition coefficient (Wildman–Crippen LogP) is 4.17. The lowest BCUT2D eigenvalue weighted by Gasteiger charge is -2.19. The van der Waals surface area contributed by atoms with Gasteiger partial charge in [-0.05, 0) is 43.7 Å². The molecule has 0 fully saturated rings. The van der Waals surface area contributed by atoms with Gasteiger partial charge in [-0.25, -0.2) is 14.6 Å². The van der Waals surface area contributed by atoms with Crippen molar-refractivity contribution in [3.8, 4) is 22.8 Å². The number of ether oxygens (including phenoxy) is 1. The molecule has 0 aliphatic rings. The maximum atomic E-state index is 13.0. The summed E-state index contributed by atoms with van der Waals surface area (Å²) in [6.07, 6.45) is 4.84. The summed E-state index contributed by atoms with van der Waals surface area (Å²) in [5, 5.41) is 21.3. The highest BCUT2D eigenvalue weighted by atomic mass is 16.5. The fraction of sp³-hybridized carbons (Fsp3) is 0.233. The minimum Gasteiger partial charge on any atom is -0.394 e. The number of rotatable bonds is 11. The zero-order chi connectivity index (χ0) is 30.6. The van der Waals surface area contributed by atoms with E-state index in [0.29, 0.717) is 34.1 Å². The Balaban J connectivity index is 1.39. The van der Waals surface area contributed by atoms with E-state index in [4.69, 9.17) is 19.2 Å². The smallest absolute Gasteiger partial charge is 0.278 e. The first kappa shape index (κ1) is 28.6. The first-order valence-electron chi connectivity index (χ1n) is 13.9. The molecule has 0 saturated heterocycles. The maximum Gasteiger partial charge on any atom is 0.278 e. The molecule has 0 saturated carbocycles. The fourth-order valence-corrected chi connectivity index (χ4v) is 4.84. The van der Waals surface area contributed by atoms with Crippen LogP contribution in [-0.4, -0.2) is 58.3 Å². The summed E-state index contributed by atoms with van der Waals surface area (Å²) < 4.78 is 14.2. The number of aliphatic hydroxyl groups is 1. The Kier molecular flexibility index (Phi) is 8.08. The maximum absolute atomic E-state index is 13.0. The predicted molar refractivity (Wildman–Crippen MR) is 163 cm³/mol. The Morgan fingerprint density at radius 3 is 2.55 bits per heavy atom. The van der Waals surface area contributed by atoms with E-state index in [9.17, 15) is 9.90 Å². The van der Waals surface area contributed by atoms with Crippen LogP contribution in [0.5, 0.6) is 0 Å². The first-order valence-corrected chi connectivity index (χ1v) is 13.9. The van der Waals surface area contributed by atoms with Crippen LogP contribution in [0.4, 0.5) is 17.6 Å². The molecule has 5 heterocycles. The molecule has 0 aliphatic carbocycles. The van der Waals surface area contributed by atoms with Gasteiger partial charge in [-0.1, -0.05) is 35.5 Å². The Morgan fingerprint density at radius 1 is 1.02 bits per heavy atom. The largest absolute Gasteiger partial charge is 0.394 e. The average Bonchev–Trinajstić information content (AvgIpc) is 3.64. The summed E-state index contributed by atoms with van der Waals surface area (Å²) in [6.45, 7) is 3.83. The monoisotopic (exact) mass is 594 g/mol. The van der Waals surface area contributed by atoms with Crippen molar-refractivity contribution in [1.29, 1.82) is 0 Å². The molecule has 0 aliphatic heterocycles. The summed E-state index contributed by atoms with van der Waals surface area (Å²) >= 11 is 0. The van der Waals surface area contributed by atoms with Crippen molar-refractivity contribution >= 4 is 28.6 Å². The number of anilines is 3. The van der Waals surface area contributed by atoms with Gasteiger partial charge in [0.25, 0.3) is 11.4 Å². The fourth-order valence-electron chi connectivity index (χ4n) is 4.84. The lowest BCUT2D eigenvalue weighted by molar-refractivity contribution is 0.103. The van der Waals surface area contributed by atoms with Crippen LogP contribution in [0.25, 0.3) is 33.9 Å². The number of aliphatic hydroxyl groups excluding tert-OH is 1. The lowest BCUT2D eigenvalue weighted by Crippen LogP contribution is -2.25. The quantitative estimate of drug-likeness (QED) is 0.196. The molecule has 0 unspecified atom stereocenters. The van der Waals surface area contributed by atoms with Crippen LogP contribution in [0.1, 0.15) is 31.5 Å². The van der Waals surface area contributed by atoms with Gasteiger partial charge in [0.15, 0.2) is 5.65 Å². The van der Waals surface area contributed by atoms with Gasteiger partial charge in [0, 0.05) is 37.3 Å². The summed E-state index contributed by atoms with van der Waals surface area (Å²) in [7, 11) is 1.54. The second kappa shape index (κ2) is 12.4. The zero-order valence-electron chi connectivity index (χ0n) is 24.2. The van der Waals surface area contributed by atoms with E-state index in [2.05, 4.69) is 30.7 Å². The molecule has 6 aromatic rings. The number of fused-ring (bicyclic) bond motifs is 1. The molecule has 6 rings (SSSR count). The standard InChI is InChI=1S/C30H30N10O4/c1-18(2)40-27-21(29(42)39(40)17-43-3)9-10-24(34-27)35-30-32-15-22(28-36-25(38-44-28)20-11-13-31-14-12-20)26(37-30)33-23(16-41)19-7-5-4-6-8-19/h4-15,18,23,41H,16-17H2,1-3H3,(H2,32,33,34,35,37)/t23-/m1/s1. The van der Waals surface area contributed by atoms with Crippen molar-refractivity contribution in [2.24, 2.45) is 0 Å². The number of pyridine rings is 2. The lowest BCUT2D eigenvalue weighted by atomic mass is 10.1. The number of benzene rings is 1. The summed E-state index contributed by atoms with van der Waals surface area (Å²) in [5.41, 5.74) is 2.34. The molecule has 14 heteroatoms. The molecule has 224 valence electrons. The van der Waals surface area contributed by atoms with Gasteiger partial charge in [0.1, 0.15) is 23.9 Å². The highest BCUT2D eigenvalue weighted by Gasteiger charge is 2.21. The van der Waals surface area contributed by atoms with Gasteiger partial charge in [-0.15, -0.1) is 0 Å². The van der Waals surface area contributed by atoms with Crippen LogP contribution in [0, 0.1) is 0 Å². The second-order valence-corrected chi connectivity index (χ2v) is 10.2. The third-order valence-electron chi connectivity index (χ3n) is 6.88. The van der Waals surface area contributed by atoms with Crippen molar-refractivity contribution in [3.05, 3.63) is 89.1 Å². The molecule has 0 spiro atoms. The minimum absolute atomic E-state index is 0.0516. The molecular formula is C30H30N10O4. The van der Waals surface area contributed by atoms with E-state index in [1.54, 1.807) is 47.5 Å². The Labute approximate surface area is 251 Å².